The number of carbonyl (C=O) groups excluding carboxylic acids is 1. The van der Waals surface area contributed by atoms with E-state index in [-0.39, 0.29) is 11.8 Å². The van der Waals surface area contributed by atoms with Gasteiger partial charge in [-0.25, -0.2) is 0 Å². The zero-order valence-electron chi connectivity index (χ0n) is 16.0. The molecule has 4 rings (SSSR count). The number of nitrogens with zero attached hydrogens (tertiary/aromatic N) is 1. The predicted octanol–water partition coefficient (Wildman–Crippen LogP) is 5.67. The zero-order chi connectivity index (χ0) is 20.4. The molecule has 152 valence electrons. The molecule has 3 aromatic rings. The van der Waals surface area contributed by atoms with Crippen LogP contribution in [0.5, 0.6) is 0 Å². The zero-order valence-corrected chi connectivity index (χ0v) is 16.0. The number of halogens is 3. The minimum atomic E-state index is -4.33. The number of piperidine rings is 1. The molecule has 1 aromatic heterocycles. The number of aromatic nitrogens is 1. The molecule has 29 heavy (non-hydrogen) atoms. The van der Waals surface area contributed by atoms with Gasteiger partial charge in [-0.2, -0.15) is 13.2 Å². The fourth-order valence-electron chi connectivity index (χ4n) is 4.22. The molecule has 1 amide bonds. The normalized spacial score (nSPS) is 17.6. The molecule has 0 spiro atoms. The molecule has 3 nitrogen and oxygen atoms in total. The van der Waals surface area contributed by atoms with Gasteiger partial charge in [-0.15, -0.1) is 0 Å². The first-order valence-corrected chi connectivity index (χ1v) is 9.94. The molecule has 2 heterocycles. The third-order valence-corrected chi connectivity index (χ3v) is 5.71. The van der Waals surface area contributed by atoms with Gasteiger partial charge in [-0.3, -0.25) is 4.79 Å². The number of alkyl halides is 3. The van der Waals surface area contributed by atoms with Crippen LogP contribution < -0.4 is 0 Å². The maximum absolute atomic E-state index is 13.2. The molecule has 1 atom stereocenters. The van der Waals surface area contributed by atoms with Crippen molar-refractivity contribution in [3.8, 4) is 0 Å². The van der Waals surface area contributed by atoms with Gasteiger partial charge in [-0.05, 0) is 55.4 Å². The lowest BCUT2D eigenvalue weighted by Crippen LogP contribution is -2.40. The van der Waals surface area contributed by atoms with E-state index < -0.39 is 11.7 Å². The summed E-state index contributed by atoms with van der Waals surface area (Å²) in [5.74, 6) is 0.167. The number of carbonyl (C=O) groups is 1. The van der Waals surface area contributed by atoms with Crippen LogP contribution in [0, 0.1) is 5.92 Å². The quantitative estimate of drug-likeness (QED) is 0.602. The maximum Gasteiger partial charge on any atom is 0.416 e. The molecule has 1 aliphatic heterocycles. The molecule has 0 bridgehead atoms. The van der Waals surface area contributed by atoms with E-state index in [2.05, 4.69) is 4.98 Å². The lowest BCUT2D eigenvalue weighted by Gasteiger charge is -2.32. The molecule has 0 unspecified atom stereocenters. The summed E-state index contributed by atoms with van der Waals surface area (Å²) in [6.45, 7) is 1.27. The number of amides is 1. The summed E-state index contributed by atoms with van der Waals surface area (Å²) in [6, 6.07) is 15.4. The van der Waals surface area contributed by atoms with Gasteiger partial charge in [0.2, 0.25) is 0 Å². The molecule has 0 saturated carbocycles. The van der Waals surface area contributed by atoms with Crippen molar-refractivity contribution in [3.63, 3.8) is 0 Å². The molecule has 1 saturated heterocycles. The van der Waals surface area contributed by atoms with Gasteiger partial charge in [0.15, 0.2) is 0 Å². The Bertz CT molecular complexity index is 976. The van der Waals surface area contributed by atoms with Crippen molar-refractivity contribution in [2.75, 3.05) is 13.1 Å². The van der Waals surface area contributed by atoms with Crippen LogP contribution in [0.15, 0.2) is 54.6 Å². The Morgan fingerprint density at radius 1 is 1.10 bits per heavy atom. The second kappa shape index (κ2) is 7.93. The number of benzene rings is 2. The van der Waals surface area contributed by atoms with Crippen molar-refractivity contribution in [1.82, 2.24) is 9.88 Å². The van der Waals surface area contributed by atoms with Gasteiger partial charge in [0.25, 0.3) is 5.91 Å². The number of aryl methyl sites for hydroxylation is 1. The van der Waals surface area contributed by atoms with Crippen LogP contribution in [0.3, 0.4) is 0 Å². The summed E-state index contributed by atoms with van der Waals surface area (Å²) in [7, 11) is 0. The fraction of sp³-hybridized carbons (Fsp3) is 0.348. The van der Waals surface area contributed by atoms with E-state index in [4.69, 9.17) is 0 Å². The average Bonchev–Trinajstić information content (AvgIpc) is 3.16. The molecular weight excluding hydrogens is 377 g/mol. The average molecular weight is 400 g/mol. The van der Waals surface area contributed by atoms with Crippen LogP contribution in [0.4, 0.5) is 13.2 Å². The first-order valence-electron chi connectivity index (χ1n) is 9.94. The molecule has 1 N–H and O–H groups in total. The summed E-state index contributed by atoms with van der Waals surface area (Å²) < 4.78 is 39.6. The molecule has 0 aliphatic carbocycles. The first-order chi connectivity index (χ1) is 13.9. The van der Waals surface area contributed by atoms with Crippen LogP contribution >= 0.6 is 0 Å². The minimum Gasteiger partial charge on any atom is -0.351 e. The van der Waals surface area contributed by atoms with E-state index in [1.807, 2.05) is 35.2 Å². The standard InChI is InChI=1S/C23H23F3N2O/c24-23(25,26)19-9-3-1-7-17(19)12-11-16-6-5-13-28(15-16)22(29)21-14-18-8-2-4-10-20(18)27-21/h1-4,7-10,14,16,27H,5-6,11-13,15H2/t16-/m1/s1. The van der Waals surface area contributed by atoms with Crippen molar-refractivity contribution in [2.24, 2.45) is 5.92 Å². The van der Waals surface area contributed by atoms with Crippen molar-refractivity contribution >= 4 is 16.8 Å². The second-order valence-corrected chi connectivity index (χ2v) is 7.72. The Labute approximate surface area is 167 Å². The van der Waals surface area contributed by atoms with Gasteiger partial charge in [0, 0.05) is 24.0 Å². The predicted molar refractivity (Wildman–Crippen MR) is 107 cm³/mol. The monoisotopic (exact) mass is 400 g/mol. The fourth-order valence-corrected chi connectivity index (χ4v) is 4.22. The Balaban J connectivity index is 1.42. The lowest BCUT2D eigenvalue weighted by atomic mass is 9.90. The second-order valence-electron chi connectivity index (χ2n) is 7.72. The van der Waals surface area contributed by atoms with E-state index in [9.17, 15) is 18.0 Å². The Morgan fingerprint density at radius 3 is 2.66 bits per heavy atom. The highest BCUT2D eigenvalue weighted by molar-refractivity contribution is 5.98. The van der Waals surface area contributed by atoms with E-state index in [1.54, 1.807) is 12.1 Å². The number of hydrogen-bond donors (Lipinski definition) is 1. The summed E-state index contributed by atoms with van der Waals surface area (Å²) in [4.78, 5) is 17.9. The number of aromatic amines is 1. The van der Waals surface area contributed by atoms with E-state index >= 15 is 0 Å². The van der Waals surface area contributed by atoms with Gasteiger partial charge in [-0.1, -0.05) is 36.4 Å². The highest BCUT2D eigenvalue weighted by atomic mass is 19.4. The smallest absolute Gasteiger partial charge is 0.351 e. The molecule has 1 fully saturated rings. The summed E-state index contributed by atoms with van der Waals surface area (Å²) >= 11 is 0. The Morgan fingerprint density at radius 2 is 1.86 bits per heavy atom. The topological polar surface area (TPSA) is 36.1 Å². The van der Waals surface area contributed by atoms with E-state index in [1.165, 1.54) is 6.07 Å². The summed E-state index contributed by atoms with van der Waals surface area (Å²) in [5.41, 5.74) is 1.27. The molecular formula is C23H23F3N2O. The number of hydrogen-bond acceptors (Lipinski definition) is 1. The number of likely N-dealkylation sites (tertiary alicyclic amines) is 1. The van der Waals surface area contributed by atoms with Crippen LogP contribution in [0.2, 0.25) is 0 Å². The first kappa shape index (κ1) is 19.6. The van der Waals surface area contributed by atoms with Crippen LogP contribution in [-0.4, -0.2) is 28.9 Å². The van der Waals surface area contributed by atoms with Crippen molar-refractivity contribution < 1.29 is 18.0 Å². The molecule has 2 aromatic carbocycles. The van der Waals surface area contributed by atoms with Crippen molar-refractivity contribution in [1.29, 1.82) is 0 Å². The third-order valence-electron chi connectivity index (χ3n) is 5.71. The van der Waals surface area contributed by atoms with Gasteiger partial charge in [0.1, 0.15) is 5.69 Å². The van der Waals surface area contributed by atoms with Crippen LogP contribution in [0.1, 0.15) is 40.9 Å². The number of nitrogens with one attached hydrogen (secondary N) is 1. The minimum absolute atomic E-state index is 0.0402. The lowest BCUT2D eigenvalue weighted by molar-refractivity contribution is -0.138. The number of rotatable bonds is 4. The number of para-hydroxylation sites is 1. The SMILES string of the molecule is O=C(c1cc2ccccc2[nH]1)N1CCC[C@H](CCc2ccccc2C(F)(F)F)C1. The number of fused-ring (bicyclic) bond motifs is 1. The van der Waals surface area contributed by atoms with Crippen molar-refractivity contribution in [2.45, 2.75) is 31.9 Å². The van der Waals surface area contributed by atoms with Crippen LogP contribution in [0.25, 0.3) is 10.9 Å². The summed E-state index contributed by atoms with van der Waals surface area (Å²) in [6.07, 6.45) is -1.51. The Hall–Kier alpha value is -2.76. The van der Waals surface area contributed by atoms with Gasteiger partial charge < -0.3 is 9.88 Å². The van der Waals surface area contributed by atoms with Crippen molar-refractivity contribution in [3.05, 3.63) is 71.4 Å². The molecule has 6 heteroatoms. The molecule has 0 radical (unpaired) electrons. The maximum atomic E-state index is 13.2. The molecule has 1 aliphatic rings. The van der Waals surface area contributed by atoms with E-state index in [0.717, 1.165) is 29.8 Å². The number of H-pyrrole nitrogens is 1. The van der Waals surface area contributed by atoms with E-state index in [0.29, 0.717) is 37.2 Å². The van der Waals surface area contributed by atoms with Gasteiger partial charge >= 0.3 is 6.18 Å². The Kier molecular flexibility index (Phi) is 5.35. The highest BCUT2D eigenvalue weighted by Gasteiger charge is 2.33. The third kappa shape index (κ3) is 4.31. The largest absolute Gasteiger partial charge is 0.416 e. The highest BCUT2D eigenvalue weighted by Crippen LogP contribution is 2.33. The van der Waals surface area contributed by atoms with Gasteiger partial charge in [0.05, 0.1) is 5.56 Å². The summed E-state index contributed by atoms with van der Waals surface area (Å²) in [5, 5.41) is 0.994. The van der Waals surface area contributed by atoms with Crippen LogP contribution in [-0.2, 0) is 12.6 Å².